The van der Waals surface area contributed by atoms with Crippen LogP contribution in [-0.2, 0) is 4.79 Å². The molecule has 0 radical (unpaired) electrons. The van der Waals surface area contributed by atoms with E-state index in [1.807, 2.05) is 6.08 Å². The maximum atomic E-state index is 11.1. The molecular formula is C9H12N3O+. The van der Waals surface area contributed by atoms with E-state index in [0.717, 1.165) is 25.2 Å². The first-order chi connectivity index (χ1) is 6.27. The molecule has 3 rings (SSSR count). The molecule has 1 saturated heterocycles. The molecule has 4 heteroatoms. The van der Waals surface area contributed by atoms with Crippen molar-refractivity contribution in [3.63, 3.8) is 0 Å². The first kappa shape index (κ1) is 7.12. The van der Waals surface area contributed by atoms with E-state index in [4.69, 9.17) is 5.73 Å². The Morgan fingerprint density at radius 2 is 2.54 bits per heavy atom. The summed E-state index contributed by atoms with van der Waals surface area (Å²) in [7, 11) is 0. The highest BCUT2D eigenvalue weighted by Gasteiger charge is 2.49. The van der Waals surface area contributed by atoms with Gasteiger partial charge in [0, 0.05) is 6.08 Å². The summed E-state index contributed by atoms with van der Waals surface area (Å²) in [5.74, 6) is 0.285. The molecule has 1 amide bonds. The minimum absolute atomic E-state index is 0.272. The standard InChI is InChI=1S/C9H11N3O/c10-9(13)7-2-4-12-8(7)6-1-3-11(12)5-6/h2,6H,1,3-5H2,(H-,10,13)/p+1. The van der Waals surface area contributed by atoms with Crippen molar-refractivity contribution >= 4 is 11.6 Å². The van der Waals surface area contributed by atoms with Gasteiger partial charge in [0.2, 0.25) is 5.71 Å². The van der Waals surface area contributed by atoms with Gasteiger partial charge in [0.25, 0.3) is 5.91 Å². The molecule has 0 aromatic heterocycles. The van der Waals surface area contributed by atoms with Crippen LogP contribution in [0.3, 0.4) is 0 Å². The third-order valence-electron chi connectivity index (χ3n) is 3.18. The summed E-state index contributed by atoms with van der Waals surface area (Å²) in [6, 6.07) is 0. The number of hydrogen-bond acceptors (Lipinski definition) is 2. The van der Waals surface area contributed by atoms with E-state index in [0.29, 0.717) is 5.92 Å². The van der Waals surface area contributed by atoms with Crippen LogP contribution < -0.4 is 5.73 Å². The Labute approximate surface area is 76.3 Å². The van der Waals surface area contributed by atoms with Gasteiger partial charge in [-0.1, -0.05) is 0 Å². The van der Waals surface area contributed by atoms with Crippen molar-refractivity contribution in [2.45, 2.75) is 6.42 Å². The number of hydrazone groups is 1. The van der Waals surface area contributed by atoms with Gasteiger partial charge in [0.15, 0.2) is 6.54 Å². The van der Waals surface area contributed by atoms with Crippen LogP contribution in [0.25, 0.3) is 0 Å². The first-order valence-electron chi connectivity index (χ1n) is 4.67. The molecule has 68 valence electrons. The molecule has 3 aliphatic rings. The molecule has 2 bridgehead atoms. The molecule has 3 aliphatic heterocycles. The smallest absolute Gasteiger partial charge is 0.255 e. The van der Waals surface area contributed by atoms with Gasteiger partial charge >= 0.3 is 0 Å². The maximum Gasteiger partial charge on any atom is 0.255 e. The highest BCUT2D eigenvalue weighted by molar-refractivity contribution is 6.21. The predicted molar refractivity (Wildman–Crippen MR) is 47.1 cm³/mol. The molecule has 0 spiro atoms. The summed E-state index contributed by atoms with van der Waals surface area (Å²) in [5, 5.41) is 2.31. The average molecular weight is 178 g/mol. The monoisotopic (exact) mass is 178 g/mol. The lowest BCUT2D eigenvalue weighted by atomic mass is 9.97. The van der Waals surface area contributed by atoms with Gasteiger partial charge in [0.05, 0.1) is 19.0 Å². The Hall–Kier alpha value is -1.32. The van der Waals surface area contributed by atoms with E-state index in [9.17, 15) is 4.79 Å². The number of amides is 1. The minimum atomic E-state index is -0.272. The van der Waals surface area contributed by atoms with Crippen LogP contribution in [0.1, 0.15) is 6.42 Å². The van der Waals surface area contributed by atoms with Crippen molar-refractivity contribution in [2.24, 2.45) is 11.7 Å². The fourth-order valence-corrected chi connectivity index (χ4v) is 2.63. The van der Waals surface area contributed by atoms with Crippen molar-refractivity contribution in [1.29, 1.82) is 0 Å². The van der Waals surface area contributed by atoms with Gasteiger partial charge in [-0.25, -0.2) is 0 Å². The van der Waals surface area contributed by atoms with Crippen LogP contribution in [0, 0.1) is 5.92 Å². The van der Waals surface area contributed by atoms with E-state index in [2.05, 4.69) is 9.69 Å². The molecule has 13 heavy (non-hydrogen) atoms. The largest absolute Gasteiger partial charge is 0.365 e. The zero-order valence-electron chi connectivity index (χ0n) is 7.36. The summed E-state index contributed by atoms with van der Waals surface area (Å²) in [6.07, 6.45) is 3.12. The number of carbonyl (C=O) groups excluding carboxylic acids is 1. The SMILES string of the molecule is NC(=O)C1=CC[N+]2=C1C1CCN2C1. The molecular weight excluding hydrogens is 166 g/mol. The molecule has 4 nitrogen and oxygen atoms in total. The van der Waals surface area contributed by atoms with Crippen molar-refractivity contribution < 1.29 is 9.48 Å². The van der Waals surface area contributed by atoms with Crippen LogP contribution in [-0.4, -0.2) is 40.9 Å². The van der Waals surface area contributed by atoms with Crippen molar-refractivity contribution in [3.05, 3.63) is 11.6 Å². The van der Waals surface area contributed by atoms with Gasteiger partial charge in [-0.2, -0.15) is 5.01 Å². The number of hydrogen-bond donors (Lipinski definition) is 1. The second kappa shape index (κ2) is 2.13. The van der Waals surface area contributed by atoms with Crippen LogP contribution >= 0.6 is 0 Å². The number of nitrogens with zero attached hydrogens (tertiary/aromatic N) is 2. The fourth-order valence-electron chi connectivity index (χ4n) is 2.63. The van der Waals surface area contributed by atoms with E-state index in [1.165, 1.54) is 12.1 Å². The lowest BCUT2D eigenvalue weighted by Gasteiger charge is -2.10. The first-order valence-corrected chi connectivity index (χ1v) is 4.67. The molecule has 2 N–H and O–H groups in total. The molecule has 0 aliphatic carbocycles. The lowest BCUT2D eigenvalue weighted by Crippen LogP contribution is -2.33. The lowest BCUT2D eigenvalue weighted by molar-refractivity contribution is -0.670. The highest BCUT2D eigenvalue weighted by atomic mass is 16.1. The van der Waals surface area contributed by atoms with Crippen molar-refractivity contribution in [2.75, 3.05) is 19.6 Å². The van der Waals surface area contributed by atoms with Crippen LogP contribution in [0.5, 0.6) is 0 Å². The summed E-state index contributed by atoms with van der Waals surface area (Å²) in [4.78, 5) is 11.1. The predicted octanol–water partition coefficient (Wildman–Crippen LogP) is -0.884. The Balaban J connectivity index is 2.05. The van der Waals surface area contributed by atoms with Gasteiger partial charge in [-0.05, 0) is 6.42 Å². The topological polar surface area (TPSA) is 49.3 Å². The Morgan fingerprint density at radius 3 is 3.31 bits per heavy atom. The second-order valence-electron chi connectivity index (χ2n) is 3.85. The van der Waals surface area contributed by atoms with Crippen LogP contribution in [0.2, 0.25) is 0 Å². The number of rotatable bonds is 1. The fraction of sp³-hybridized carbons (Fsp3) is 0.556. The molecule has 0 aromatic rings. The number of hydrazine groups is 1. The zero-order valence-corrected chi connectivity index (χ0v) is 7.36. The quantitative estimate of drug-likeness (QED) is 0.530. The van der Waals surface area contributed by atoms with E-state index >= 15 is 0 Å². The summed E-state index contributed by atoms with van der Waals surface area (Å²) in [6.45, 7) is 3.05. The molecule has 1 atom stereocenters. The molecule has 0 saturated carbocycles. The zero-order chi connectivity index (χ0) is 9.00. The van der Waals surface area contributed by atoms with Gasteiger partial charge in [-0.15, -0.1) is 4.68 Å². The summed E-state index contributed by atoms with van der Waals surface area (Å²) < 4.78 is 2.20. The third kappa shape index (κ3) is 0.753. The highest BCUT2D eigenvalue weighted by Crippen LogP contribution is 2.30. The third-order valence-corrected chi connectivity index (χ3v) is 3.18. The molecule has 0 aromatic carbocycles. The Morgan fingerprint density at radius 1 is 1.69 bits per heavy atom. The normalized spacial score (nSPS) is 29.7. The molecule has 1 fully saturated rings. The van der Waals surface area contributed by atoms with Crippen molar-refractivity contribution in [1.82, 2.24) is 5.01 Å². The number of primary amides is 1. The van der Waals surface area contributed by atoms with E-state index in [1.54, 1.807) is 0 Å². The number of fused-ring (bicyclic) bond motifs is 4. The Kier molecular flexibility index (Phi) is 1.17. The number of nitrogens with two attached hydrogens (primary N) is 1. The molecule has 3 heterocycles. The average Bonchev–Trinajstić information content (AvgIpc) is 2.76. The van der Waals surface area contributed by atoms with E-state index in [-0.39, 0.29) is 5.91 Å². The molecule has 1 unspecified atom stereocenters. The van der Waals surface area contributed by atoms with Gasteiger partial charge in [0.1, 0.15) is 5.57 Å². The van der Waals surface area contributed by atoms with Gasteiger partial charge < -0.3 is 5.73 Å². The Bertz CT molecular complexity index is 356. The summed E-state index contributed by atoms with van der Waals surface area (Å²) >= 11 is 0. The van der Waals surface area contributed by atoms with Crippen LogP contribution in [0.4, 0.5) is 0 Å². The van der Waals surface area contributed by atoms with E-state index < -0.39 is 0 Å². The number of carbonyl (C=O) groups is 1. The van der Waals surface area contributed by atoms with Crippen LogP contribution in [0.15, 0.2) is 11.6 Å². The minimum Gasteiger partial charge on any atom is -0.365 e. The second-order valence-corrected chi connectivity index (χ2v) is 3.85. The van der Waals surface area contributed by atoms with Gasteiger partial charge in [-0.3, -0.25) is 4.79 Å². The summed E-state index contributed by atoms with van der Waals surface area (Å²) in [5.41, 5.74) is 7.25. The maximum absolute atomic E-state index is 11.1. The van der Waals surface area contributed by atoms with Crippen molar-refractivity contribution in [3.8, 4) is 0 Å².